The Balaban J connectivity index is 1.51. The van der Waals surface area contributed by atoms with Crippen molar-refractivity contribution in [3.63, 3.8) is 0 Å². The highest BCUT2D eigenvalue weighted by Gasteiger charge is 1.99. The minimum absolute atomic E-state index is 0.234. The Kier molecular flexibility index (Phi) is 5.34. The van der Waals surface area contributed by atoms with Crippen LogP contribution in [0.5, 0.6) is 5.75 Å². The molecule has 4 heteroatoms. The monoisotopic (exact) mass is 341 g/mol. The first-order chi connectivity index (χ1) is 11.7. The zero-order valence-corrected chi connectivity index (χ0v) is 13.8. The van der Waals surface area contributed by atoms with Crippen LogP contribution in [0.1, 0.15) is 11.1 Å². The van der Waals surface area contributed by atoms with Crippen molar-refractivity contribution in [1.29, 1.82) is 0 Å². The Morgan fingerprint density at radius 3 is 2.08 bits per heavy atom. The van der Waals surface area contributed by atoms with Crippen molar-refractivity contribution in [2.24, 2.45) is 0 Å². The molecule has 0 atom stereocenters. The van der Waals surface area contributed by atoms with Crippen molar-refractivity contribution in [2.45, 2.75) is 13.2 Å². The van der Waals surface area contributed by atoms with Crippen molar-refractivity contribution < 1.29 is 9.13 Å². The van der Waals surface area contributed by atoms with E-state index < -0.39 is 0 Å². The lowest BCUT2D eigenvalue weighted by Gasteiger charge is -2.09. The maximum absolute atomic E-state index is 12.9. The molecule has 0 saturated carbocycles. The van der Waals surface area contributed by atoms with Crippen LogP contribution < -0.4 is 10.1 Å². The van der Waals surface area contributed by atoms with Crippen LogP contribution in [0.15, 0.2) is 72.8 Å². The van der Waals surface area contributed by atoms with Crippen LogP contribution in [0.25, 0.3) is 0 Å². The first kappa shape index (κ1) is 16.3. The molecule has 3 rings (SSSR count). The van der Waals surface area contributed by atoms with Gasteiger partial charge in [-0.1, -0.05) is 35.9 Å². The van der Waals surface area contributed by atoms with E-state index in [0.717, 1.165) is 27.6 Å². The third kappa shape index (κ3) is 4.74. The van der Waals surface area contributed by atoms with E-state index in [-0.39, 0.29) is 5.82 Å². The van der Waals surface area contributed by atoms with Crippen molar-refractivity contribution in [3.05, 3.63) is 94.8 Å². The highest BCUT2D eigenvalue weighted by molar-refractivity contribution is 6.30. The maximum Gasteiger partial charge on any atom is 0.123 e. The highest BCUT2D eigenvalue weighted by atomic mass is 35.5. The molecule has 3 aromatic carbocycles. The number of nitrogens with one attached hydrogen (secondary N) is 1. The van der Waals surface area contributed by atoms with Gasteiger partial charge in [0, 0.05) is 17.3 Å². The summed E-state index contributed by atoms with van der Waals surface area (Å²) in [4.78, 5) is 0. The minimum atomic E-state index is -0.234. The smallest absolute Gasteiger partial charge is 0.123 e. The normalized spacial score (nSPS) is 10.4. The van der Waals surface area contributed by atoms with Gasteiger partial charge in [0.25, 0.3) is 0 Å². The standard InChI is InChI=1S/C20H17ClFNO/c21-17-5-1-16(2-6-17)14-24-20-11-3-15(4-12-20)13-23-19-9-7-18(22)8-10-19/h1-12,23H,13-14H2. The SMILES string of the molecule is Fc1ccc(NCc2ccc(OCc3ccc(Cl)cc3)cc2)cc1. The molecule has 24 heavy (non-hydrogen) atoms. The van der Waals surface area contributed by atoms with Gasteiger partial charge in [-0.15, -0.1) is 0 Å². The Hall–Kier alpha value is -2.52. The van der Waals surface area contributed by atoms with E-state index in [0.29, 0.717) is 13.2 Å². The van der Waals surface area contributed by atoms with Gasteiger partial charge >= 0.3 is 0 Å². The molecule has 0 spiro atoms. The van der Waals surface area contributed by atoms with Gasteiger partial charge in [-0.25, -0.2) is 4.39 Å². The summed E-state index contributed by atoms with van der Waals surface area (Å²) in [6, 6.07) is 21.8. The molecule has 0 heterocycles. The Morgan fingerprint density at radius 1 is 0.792 bits per heavy atom. The summed E-state index contributed by atoms with van der Waals surface area (Å²) in [5.74, 6) is 0.582. The number of halogens is 2. The molecule has 0 amide bonds. The summed E-state index contributed by atoms with van der Waals surface area (Å²) >= 11 is 5.86. The molecular formula is C20H17ClFNO. The largest absolute Gasteiger partial charge is 0.489 e. The summed E-state index contributed by atoms with van der Waals surface area (Å²) in [5, 5.41) is 3.97. The van der Waals surface area contributed by atoms with E-state index >= 15 is 0 Å². The van der Waals surface area contributed by atoms with Crippen LogP contribution in [0.2, 0.25) is 5.02 Å². The molecule has 122 valence electrons. The van der Waals surface area contributed by atoms with E-state index in [1.165, 1.54) is 12.1 Å². The number of hydrogen-bond acceptors (Lipinski definition) is 2. The van der Waals surface area contributed by atoms with Gasteiger partial charge in [0.15, 0.2) is 0 Å². The minimum Gasteiger partial charge on any atom is -0.489 e. The van der Waals surface area contributed by atoms with Crippen LogP contribution in [-0.2, 0) is 13.2 Å². The second-order valence-electron chi connectivity index (χ2n) is 5.42. The summed E-state index contributed by atoms with van der Waals surface area (Å²) in [6.45, 7) is 1.17. The van der Waals surface area contributed by atoms with E-state index in [9.17, 15) is 4.39 Å². The number of hydrogen-bond donors (Lipinski definition) is 1. The van der Waals surface area contributed by atoms with E-state index in [1.807, 2.05) is 48.5 Å². The van der Waals surface area contributed by atoms with E-state index in [1.54, 1.807) is 12.1 Å². The first-order valence-corrected chi connectivity index (χ1v) is 8.02. The molecule has 0 radical (unpaired) electrons. The summed E-state index contributed by atoms with van der Waals surface area (Å²) < 4.78 is 18.6. The summed E-state index contributed by atoms with van der Waals surface area (Å²) in [6.07, 6.45) is 0. The number of ether oxygens (including phenoxy) is 1. The van der Waals surface area contributed by atoms with Crippen molar-refractivity contribution in [1.82, 2.24) is 0 Å². The zero-order chi connectivity index (χ0) is 16.8. The number of anilines is 1. The Bertz CT molecular complexity index is 702. The van der Waals surface area contributed by atoms with Gasteiger partial charge < -0.3 is 10.1 Å². The lowest BCUT2D eigenvalue weighted by molar-refractivity contribution is 0.306. The lowest BCUT2D eigenvalue weighted by Crippen LogP contribution is -2.00. The third-order valence-electron chi connectivity index (χ3n) is 3.58. The summed E-state index contributed by atoms with van der Waals surface area (Å²) in [5.41, 5.74) is 3.08. The highest BCUT2D eigenvalue weighted by Crippen LogP contribution is 2.17. The maximum atomic E-state index is 12.9. The second kappa shape index (κ2) is 7.84. The molecule has 3 aromatic rings. The van der Waals surface area contributed by atoms with Gasteiger partial charge in [0.05, 0.1) is 0 Å². The van der Waals surface area contributed by atoms with Crippen LogP contribution in [0.3, 0.4) is 0 Å². The number of rotatable bonds is 6. The molecule has 0 aromatic heterocycles. The molecule has 0 aliphatic carbocycles. The molecule has 0 aliphatic heterocycles. The molecule has 0 aliphatic rings. The van der Waals surface area contributed by atoms with Crippen LogP contribution >= 0.6 is 11.6 Å². The first-order valence-electron chi connectivity index (χ1n) is 7.65. The van der Waals surface area contributed by atoms with Crippen molar-refractivity contribution >= 4 is 17.3 Å². The predicted molar refractivity (Wildman–Crippen MR) is 96.0 cm³/mol. The fourth-order valence-electron chi connectivity index (χ4n) is 2.22. The van der Waals surface area contributed by atoms with Crippen LogP contribution in [0.4, 0.5) is 10.1 Å². The average molecular weight is 342 g/mol. The molecule has 0 unspecified atom stereocenters. The van der Waals surface area contributed by atoms with Crippen molar-refractivity contribution in [2.75, 3.05) is 5.32 Å². The fourth-order valence-corrected chi connectivity index (χ4v) is 2.35. The van der Waals surface area contributed by atoms with Gasteiger partial charge in [-0.3, -0.25) is 0 Å². The molecule has 0 bridgehead atoms. The van der Waals surface area contributed by atoms with E-state index in [4.69, 9.17) is 16.3 Å². The van der Waals surface area contributed by atoms with E-state index in [2.05, 4.69) is 5.32 Å². The number of benzene rings is 3. The molecular weight excluding hydrogens is 325 g/mol. The molecule has 0 fully saturated rings. The lowest BCUT2D eigenvalue weighted by atomic mass is 10.2. The van der Waals surface area contributed by atoms with Gasteiger partial charge in [-0.2, -0.15) is 0 Å². The quantitative estimate of drug-likeness (QED) is 0.623. The average Bonchev–Trinajstić information content (AvgIpc) is 2.62. The Morgan fingerprint density at radius 2 is 1.42 bits per heavy atom. The van der Waals surface area contributed by atoms with Crippen LogP contribution in [-0.4, -0.2) is 0 Å². The Labute approximate surface area is 145 Å². The second-order valence-corrected chi connectivity index (χ2v) is 5.86. The molecule has 1 N–H and O–H groups in total. The van der Waals surface area contributed by atoms with Gasteiger partial charge in [0.2, 0.25) is 0 Å². The zero-order valence-electron chi connectivity index (χ0n) is 13.0. The van der Waals surface area contributed by atoms with Crippen molar-refractivity contribution in [3.8, 4) is 5.75 Å². The van der Waals surface area contributed by atoms with Gasteiger partial charge in [0.1, 0.15) is 18.2 Å². The molecule has 2 nitrogen and oxygen atoms in total. The van der Waals surface area contributed by atoms with Crippen LogP contribution in [0, 0.1) is 5.82 Å². The third-order valence-corrected chi connectivity index (χ3v) is 3.83. The van der Waals surface area contributed by atoms with Gasteiger partial charge in [-0.05, 0) is 59.7 Å². The summed E-state index contributed by atoms with van der Waals surface area (Å²) in [7, 11) is 0. The predicted octanol–water partition coefficient (Wildman–Crippen LogP) is 5.67. The molecule has 0 saturated heterocycles. The fraction of sp³-hybridized carbons (Fsp3) is 0.100. The topological polar surface area (TPSA) is 21.3 Å².